The monoisotopic (exact) mass is 616 g/mol. The highest BCUT2D eigenvalue weighted by molar-refractivity contribution is 8.26. The van der Waals surface area contributed by atoms with Gasteiger partial charge in [0.15, 0.2) is 5.17 Å². The Morgan fingerprint density at radius 2 is 1.83 bits per heavy atom. The number of carboxylic acids is 1. The zero-order valence-electron chi connectivity index (χ0n) is 21.6. The molecule has 1 amide bonds. The lowest BCUT2D eigenvalue weighted by Crippen LogP contribution is -2.70. The molecule has 3 aliphatic rings. The van der Waals surface area contributed by atoms with Crippen molar-refractivity contribution in [2.45, 2.75) is 29.8 Å². The number of aliphatic imine (C=N–C) groups is 1. The van der Waals surface area contributed by atoms with Gasteiger partial charge in [-0.05, 0) is 41.6 Å². The van der Waals surface area contributed by atoms with Crippen molar-refractivity contribution >= 4 is 67.4 Å². The summed E-state index contributed by atoms with van der Waals surface area (Å²) in [6, 6.07) is 14.2. The molecule has 0 unspecified atom stereocenters. The predicted octanol–water partition coefficient (Wildman–Crippen LogP) is 1.91. The van der Waals surface area contributed by atoms with Crippen molar-refractivity contribution in [3.8, 4) is 0 Å². The van der Waals surface area contributed by atoms with Crippen LogP contribution in [0, 0.1) is 0 Å². The molecular weight excluding hydrogens is 593 g/mol. The molecule has 214 valence electrons. The number of hydrogen-bond acceptors (Lipinski definition) is 10. The van der Waals surface area contributed by atoms with E-state index in [4.69, 9.17) is 4.74 Å². The molecule has 0 spiro atoms. The minimum absolute atomic E-state index is 0.0396. The van der Waals surface area contributed by atoms with Crippen LogP contribution in [-0.2, 0) is 40.5 Å². The number of rotatable bonds is 9. The highest BCUT2D eigenvalue weighted by atomic mass is 32.2. The van der Waals surface area contributed by atoms with E-state index >= 15 is 0 Å². The second kappa shape index (κ2) is 11.7. The molecular formula is C26H24N4O8S3. The Balaban J connectivity index is 1.28. The van der Waals surface area contributed by atoms with Crippen molar-refractivity contribution in [3.05, 3.63) is 71.4 Å². The summed E-state index contributed by atoms with van der Waals surface area (Å²) >= 11 is 2.20. The molecule has 2 fully saturated rings. The molecule has 41 heavy (non-hydrogen) atoms. The maximum Gasteiger partial charge on any atom is 0.352 e. The van der Waals surface area contributed by atoms with E-state index in [0.29, 0.717) is 17.4 Å². The zero-order valence-corrected chi connectivity index (χ0v) is 24.0. The van der Waals surface area contributed by atoms with Gasteiger partial charge in [-0.2, -0.15) is 4.72 Å². The van der Waals surface area contributed by atoms with E-state index in [9.17, 15) is 32.7 Å². The Morgan fingerprint density at radius 1 is 1.12 bits per heavy atom. The summed E-state index contributed by atoms with van der Waals surface area (Å²) in [5.74, 6) is -2.52. The number of esters is 1. The third kappa shape index (κ3) is 6.17. The van der Waals surface area contributed by atoms with Gasteiger partial charge < -0.3 is 14.7 Å². The van der Waals surface area contributed by atoms with Gasteiger partial charge >= 0.3 is 11.9 Å². The van der Waals surface area contributed by atoms with Crippen molar-refractivity contribution in [1.82, 2.24) is 14.5 Å². The molecule has 0 bridgehead atoms. The third-order valence-electron chi connectivity index (χ3n) is 6.37. The Hall–Kier alpha value is -3.66. The lowest BCUT2D eigenvalue weighted by atomic mass is 10.0. The van der Waals surface area contributed by atoms with E-state index in [1.165, 1.54) is 43.0 Å². The number of nitrogens with one attached hydrogen (secondary N) is 1. The number of carbonyl (C=O) groups is 4. The number of benzene rings is 2. The van der Waals surface area contributed by atoms with Crippen LogP contribution in [0.5, 0.6) is 0 Å². The van der Waals surface area contributed by atoms with Crippen LogP contribution in [-0.4, -0.2) is 81.8 Å². The minimum atomic E-state index is -4.14. The fraction of sp³-hybridized carbons (Fsp3) is 0.269. The molecule has 2 aromatic rings. The number of amides is 1. The summed E-state index contributed by atoms with van der Waals surface area (Å²) in [5.41, 5.74) is 1.42. The van der Waals surface area contributed by atoms with Crippen LogP contribution in [0.25, 0.3) is 0 Å². The summed E-state index contributed by atoms with van der Waals surface area (Å²) in [6.07, 6.45) is 0. The second-order valence-corrected chi connectivity index (χ2v) is 13.1. The molecule has 15 heteroatoms. The molecule has 0 aliphatic carbocycles. The Labute approximate surface area is 243 Å². The first kappa shape index (κ1) is 28.9. The van der Waals surface area contributed by atoms with Gasteiger partial charge in [0.1, 0.15) is 23.7 Å². The summed E-state index contributed by atoms with van der Waals surface area (Å²) in [7, 11) is -4.14. The molecule has 2 aromatic carbocycles. The molecule has 0 radical (unpaired) electrons. The number of ether oxygens (including phenoxy) is 1. The number of amidine groups is 1. The van der Waals surface area contributed by atoms with E-state index in [0.717, 1.165) is 22.2 Å². The third-order valence-corrected chi connectivity index (χ3v) is 10.1. The van der Waals surface area contributed by atoms with E-state index in [1.54, 1.807) is 0 Å². The number of carbonyl (C=O) groups excluding carboxylic acids is 3. The van der Waals surface area contributed by atoms with Crippen molar-refractivity contribution < 1.29 is 37.4 Å². The lowest BCUT2D eigenvalue weighted by Gasteiger charge is -2.49. The van der Waals surface area contributed by atoms with Gasteiger partial charge in [-0.3, -0.25) is 19.3 Å². The van der Waals surface area contributed by atoms with Crippen LogP contribution in [0.1, 0.15) is 12.5 Å². The minimum Gasteiger partial charge on any atom is -0.477 e. The van der Waals surface area contributed by atoms with Gasteiger partial charge in [0.05, 0.1) is 17.1 Å². The number of β-lactam (4-membered cyclic amide) rings is 1. The zero-order chi connectivity index (χ0) is 29.3. The first-order chi connectivity index (χ1) is 19.5. The van der Waals surface area contributed by atoms with Crippen molar-refractivity contribution in [1.29, 1.82) is 0 Å². The molecule has 0 aromatic heterocycles. The fourth-order valence-corrected chi connectivity index (χ4v) is 7.89. The largest absolute Gasteiger partial charge is 0.477 e. The topological polar surface area (TPSA) is 163 Å². The van der Waals surface area contributed by atoms with E-state index in [-0.39, 0.29) is 40.2 Å². The molecule has 3 aliphatic heterocycles. The number of sulfonamides is 1. The van der Waals surface area contributed by atoms with Crippen molar-refractivity contribution in [2.75, 3.05) is 18.9 Å². The fourth-order valence-electron chi connectivity index (χ4n) is 4.45. The van der Waals surface area contributed by atoms with Crippen LogP contribution in [0.3, 0.4) is 0 Å². The second-order valence-electron chi connectivity index (χ2n) is 9.25. The van der Waals surface area contributed by atoms with Gasteiger partial charge in [0.2, 0.25) is 21.0 Å². The first-order valence-corrected chi connectivity index (χ1v) is 15.6. The standard InChI is InChI=1S/C26H24N4O8S3/c1-15(31)38-13-17-14-39-24-21(23(33)30(24)22(17)25(34)35)28-41(36,37)19-9-7-18(8-10-19)27-26-29(12-20(32)40-26)11-16-5-3-2-4-6-16/h2-10,21,24,28H,11-14H2,1H3,(H,34,35)/t21-,24-/m1/s1. The van der Waals surface area contributed by atoms with E-state index in [1.807, 2.05) is 35.2 Å². The number of thioether (sulfide) groups is 2. The van der Waals surface area contributed by atoms with Crippen LogP contribution in [0.15, 0.2) is 75.8 Å². The summed E-state index contributed by atoms with van der Waals surface area (Å²) < 4.78 is 33.5. The van der Waals surface area contributed by atoms with Gasteiger partial charge in [-0.15, -0.1) is 11.8 Å². The number of aliphatic carboxylic acids is 1. The quantitative estimate of drug-likeness (QED) is 0.313. The SMILES string of the molecule is CC(=O)OCC1=C(C(=O)O)N2C(=O)[C@@H](NS(=O)(=O)c3ccc(N=C4SC(=O)CN4Cc4ccccc4)cc3)[C@H]2SC1. The number of hydrogen-bond donors (Lipinski definition) is 2. The number of carboxylic acid groups (broad SMARTS) is 1. The summed E-state index contributed by atoms with van der Waals surface area (Å²) in [4.78, 5) is 55.3. The molecule has 2 atom stereocenters. The van der Waals surface area contributed by atoms with Crippen molar-refractivity contribution in [3.63, 3.8) is 0 Å². The summed E-state index contributed by atoms with van der Waals surface area (Å²) in [6.45, 7) is 1.63. The van der Waals surface area contributed by atoms with Gasteiger partial charge in [0, 0.05) is 24.8 Å². The van der Waals surface area contributed by atoms with Crippen LogP contribution in [0.2, 0.25) is 0 Å². The molecule has 5 rings (SSSR count). The van der Waals surface area contributed by atoms with Crippen LogP contribution >= 0.6 is 23.5 Å². The van der Waals surface area contributed by atoms with Gasteiger partial charge in [-0.1, -0.05) is 30.3 Å². The highest BCUT2D eigenvalue weighted by Gasteiger charge is 2.55. The van der Waals surface area contributed by atoms with Crippen LogP contribution < -0.4 is 4.72 Å². The molecule has 3 heterocycles. The predicted molar refractivity (Wildman–Crippen MR) is 151 cm³/mol. The number of nitrogens with zero attached hydrogens (tertiary/aromatic N) is 3. The van der Waals surface area contributed by atoms with Gasteiger partial charge in [0.25, 0.3) is 0 Å². The Kier molecular flexibility index (Phi) is 8.22. The van der Waals surface area contributed by atoms with E-state index < -0.39 is 39.3 Å². The van der Waals surface area contributed by atoms with E-state index in [2.05, 4.69) is 9.71 Å². The number of fused-ring (bicyclic) bond motifs is 1. The van der Waals surface area contributed by atoms with Gasteiger partial charge in [-0.25, -0.2) is 18.2 Å². The summed E-state index contributed by atoms with van der Waals surface area (Å²) in [5, 5.41) is 9.38. The molecule has 2 saturated heterocycles. The lowest BCUT2D eigenvalue weighted by molar-refractivity contribution is -0.148. The maximum atomic E-state index is 13.1. The molecule has 2 N–H and O–H groups in total. The van der Waals surface area contributed by atoms with Crippen LogP contribution in [0.4, 0.5) is 5.69 Å². The highest BCUT2D eigenvalue weighted by Crippen LogP contribution is 2.41. The normalized spacial score (nSPS) is 21.6. The Morgan fingerprint density at radius 3 is 2.49 bits per heavy atom. The maximum absolute atomic E-state index is 13.1. The molecule has 12 nitrogen and oxygen atoms in total. The average Bonchev–Trinajstić information content (AvgIpc) is 3.28. The Bertz CT molecular complexity index is 1580. The molecule has 0 saturated carbocycles. The average molecular weight is 617 g/mol. The smallest absolute Gasteiger partial charge is 0.352 e. The van der Waals surface area contributed by atoms with Crippen molar-refractivity contribution in [2.24, 2.45) is 4.99 Å². The first-order valence-electron chi connectivity index (χ1n) is 12.3.